The number of hydrogen-bond donors (Lipinski definition) is 3. The normalized spacial score (nSPS) is 10.8. The first-order chi connectivity index (χ1) is 15.9. The summed E-state index contributed by atoms with van der Waals surface area (Å²) in [7, 11) is 0. The maximum Gasteiger partial charge on any atom is 0.402 e. The molecule has 0 radical (unpaired) electrons. The lowest BCUT2D eigenvalue weighted by Gasteiger charge is -2.12. The lowest BCUT2D eigenvalue weighted by Crippen LogP contribution is -2.03. The second kappa shape index (κ2) is 8.92. The van der Waals surface area contributed by atoms with Crippen molar-refractivity contribution in [2.75, 3.05) is 5.32 Å². The number of hydrogen-bond acceptors (Lipinski definition) is 8. The third-order valence-corrected chi connectivity index (χ3v) is 4.29. The van der Waals surface area contributed by atoms with Gasteiger partial charge in [-0.15, -0.1) is 10.2 Å². The maximum atomic E-state index is 8.78. The van der Waals surface area contributed by atoms with Crippen molar-refractivity contribution in [1.29, 1.82) is 0 Å². The summed E-state index contributed by atoms with van der Waals surface area (Å²) in [4.78, 5) is 21.6. The predicted molar refractivity (Wildman–Crippen MR) is 117 cm³/mol. The van der Waals surface area contributed by atoms with Crippen LogP contribution >= 0.6 is 0 Å². The van der Waals surface area contributed by atoms with Gasteiger partial charge in [0.1, 0.15) is 30.5 Å². The Labute approximate surface area is 183 Å². The first-order valence-electron chi connectivity index (χ1n) is 9.80. The van der Waals surface area contributed by atoms with E-state index in [2.05, 4.69) is 36.2 Å². The topological polar surface area (TPSA) is 153 Å². The zero-order chi connectivity index (χ0) is 23.4. The van der Waals surface area contributed by atoms with E-state index in [0.29, 0.717) is 29.1 Å². The van der Waals surface area contributed by atoms with Crippen molar-refractivity contribution >= 4 is 34.1 Å². The molecule has 0 saturated carbocycles. The first-order valence-corrected chi connectivity index (χ1v) is 9.30. The number of aryl methyl sites for hydroxylation is 1. The van der Waals surface area contributed by atoms with Crippen LogP contribution in [0.2, 0.25) is 0 Å². The van der Waals surface area contributed by atoms with E-state index in [1.807, 2.05) is 31.2 Å². The summed E-state index contributed by atoms with van der Waals surface area (Å²) >= 11 is 0. The van der Waals surface area contributed by atoms with Crippen LogP contribution in [0.5, 0.6) is 11.6 Å². The minimum Gasteiger partial charge on any atom is -0.465 e. The zero-order valence-electron chi connectivity index (χ0n) is 17.8. The summed E-state index contributed by atoms with van der Waals surface area (Å²) < 4.78 is 15.5. The number of amides is 1. The van der Waals surface area contributed by atoms with E-state index < -0.39 is 6.09 Å². The van der Waals surface area contributed by atoms with Gasteiger partial charge >= 0.3 is 6.09 Å². The quantitative estimate of drug-likeness (QED) is 0.387. The Morgan fingerprint density at radius 1 is 1.19 bits per heavy atom. The number of fused-ring (bicyclic) bond motifs is 2. The Morgan fingerprint density at radius 3 is 2.84 bits per heavy atom. The number of nitrogens with one attached hydrogen (secondary N) is 1. The van der Waals surface area contributed by atoms with E-state index >= 15 is 0 Å². The summed E-state index contributed by atoms with van der Waals surface area (Å²) in [6.07, 6.45) is 3.36. The molecular weight excluding hydrogens is 412 g/mol. The van der Waals surface area contributed by atoms with Crippen LogP contribution in [0, 0.1) is 6.92 Å². The molecule has 0 unspecified atom stereocenters. The van der Waals surface area contributed by atoms with E-state index in [0.717, 1.165) is 22.2 Å². The van der Waals surface area contributed by atoms with Gasteiger partial charge in [0, 0.05) is 17.1 Å². The van der Waals surface area contributed by atoms with Gasteiger partial charge < -0.3 is 20.9 Å². The number of para-hydroxylation sites is 1. The molecule has 0 bridgehead atoms. The molecule has 0 aliphatic heterocycles. The molecule has 0 aliphatic carbocycles. The Bertz CT molecular complexity index is 1450. The summed E-state index contributed by atoms with van der Waals surface area (Å²) in [5.41, 5.74) is 7.25. The molecule has 0 fully saturated rings. The number of carboxylic acid groups (broad SMARTS) is 1. The van der Waals surface area contributed by atoms with Crippen LogP contribution < -0.4 is 15.8 Å². The lowest BCUT2D eigenvalue weighted by molar-refractivity contribution is 0.205. The molecular formula is C21H18N8O3. The Kier molecular flexibility index (Phi) is 5.34. The predicted octanol–water partition coefficient (Wildman–Crippen LogP) is 3.53. The van der Waals surface area contributed by atoms with Crippen molar-refractivity contribution < 1.29 is 16.0 Å². The van der Waals surface area contributed by atoms with Crippen molar-refractivity contribution in [3.05, 3.63) is 73.1 Å². The standard InChI is InChI=1S/C20H15N7O.CH3NO2/c1-13-8-14(25-20-15-4-2-3-5-16(15)21-10-22-20)6-7-17(13)28-19-9-18-26-24-12-27(18)11-23-19;2-1(3)4/h2-12H,1H3,(H,21,22,25);2H2,(H,3,4)/i2D;. The number of carbonyl (C=O) groups is 1. The summed E-state index contributed by atoms with van der Waals surface area (Å²) in [6.45, 7) is 1.95. The third kappa shape index (κ3) is 4.67. The van der Waals surface area contributed by atoms with Crippen LogP contribution in [0.1, 0.15) is 6.93 Å². The molecule has 0 saturated heterocycles. The number of ether oxygens (including phenoxy) is 1. The highest BCUT2D eigenvalue weighted by molar-refractivity contribution is 5.90. The molecule has 3 heterocycles. The molecule has 1 amide bonds. The molecule has 11 nitrogen and oxygen atoms in total. The number of aromatic nitrogens is 6. The molecule has 0 aliphatic rings. The van der Waals surface area contributed by atoms with Gasteiger partial charge in [0.25, 0.3) is 0 Å². The van der Waals surface area contributed by atoms with Crippen LogP contribution in [0.3, 0.4) is 0 Å². The van der Waals surface area contributed by atoms with Gasteiger partial charge in [-0.25, -0.2) is 19.7 Å². The van der Waals surface area contributed by atoms with Crippen LogP contribution in [-0.4, -0.2) is 40.7 Å². The lowest BCUT2D eigenvalue weighted by atomic mass is 10.2. The van der Waals surface area contributed by atoms with Crippen molar-refractivity contribution in [3.8, 4) is 11.6 Å². The Hall–Kier alpha value is -4.80. The highest BCUT2D eigenvalue weighted by Crippen LogP contribution is 2.29. The maximum absolute atomic E-state index is 8.78. The fraction of sp³-hybridized carbons (Fsp3) is 0.0476. The highest BCUT2D eigenvalue weighted by Gasteiger charge is 2.08. The number of benzene rings is 2. The van der Waals surface area contributed by atoms with Gasteiger partial charge in [-0.3, -0.25) is 4.40 Å². The fourth-order valence-corrected chi connectivity index (χ4v) is 2.90. The van der Waals surface area contributed by atoms with Gasteiger partial charge in [-0.1, -0.05) is 12.1 Å². The van der Waals surface area contributed by atoms with Gasteiger partial charge in [0.2, 0.25) is 5.88 Å². The molecule has 5 rings (SSSR count). The van der Waals surface area contributed by atoms with Crippen molar-refractivity contribution in [2.45, 2.75) is 6.92 Å². The number of primary amides is 1. The largest absolute Gasteiger partial charge is 0.465 e. The average molecular weight is 431 g/mol. The van der Waals surface area contributed by atoms with E-state index in [-0.39, 0.29) is 0 Å². The monoisotopic (exact) mass is 431 g/mol. The van der Waals surface area contributed by atoms with Gasteiger partial charge in [0.05, 0.1) is 6.89 Å². The average Bonchev–Trinajstić information content (AvgIpc) is 3.24. The van der Waals surface area contributed by atoms with Crippen LogP contribution in [0.4, 0.5) is 16.3 Å². The molecule has 2 aromatic carbocycles. The first kappa shape index (κ1) is 19.2. The van der Waals surface area contributed by atoms with Gasteiger partial charge in [-0.2, -0.15) is 0 Å². The van der Waals surface area contributed by atoms with Gasteiger partial charge in [0.15, 0.2) is 5.65 Å². The fourth-order valence-electron chi connectivity index (χ4n) is 2.90. The van der Waals surface area contributed by atoms with Crippen LogP contribution in [0.15, 0.2) is 67.5 Å². The highest BCUT2D eigenvalue weighted by atomic mass is 16.5. The smallest absolute Gasteiger partial charge is 0.402 e. The number of nitrogens with two attached hydrogens (primary N) is 1. The summed E-state index contributed by atoms with van der Waals surface area (Å²) in [6, 6.07) is 13.1. The molecule has 3 aromatic heterocycles. The van der Waals surface area contributed by atoms with Crippen LogP contribution in [-0.2, 0) is 0 Å². The van der Waals surface area contributed by atoms with Crippen molar-refractivity contribution in [1.82, 2.24) is 29.5 Å². The molecule has 5 aromatic rings. The number of nitrogens with zero attached hydrogens (tertiary/aromatic N) is 6. The van der Waals surface area contributed by atoms with Crippen molar-refractivity contribution in [2.24, 2.45) is 5.73 Å². The number of anilines is 2. The minimum atomic E-state index is -1.33. The van der Waals surface area contributed by atoms with E-state index in [1.54, 1.807) is 35.3 Å². The SMILES string of the molecule is NC(=O)O.[2H]c1ccc2ncnc(Nc3ccc(Oc4cc5nncn5cn4)c(C)c3)c2c1. The Morgan fingerprint density at radius 2 is 2.03 bits per heavy atom. The minimum absolute atomic E-state index is 0.410. The van der Waals surface area contributed by atoms with E-state index in [9.17, 15) is 0 Å². The number of rotatable bonds is 4. The molecule has 32 heavy (non-hydrogen) atoms. The third-order valence-electron chi connectivity index (χ3n) is 4.29. The molecule has 0 atom stereocenters. The van der Waals surface area contributed by atoms with Crippen LogP contribution in [0.25, 0.3) is 16.6 Å². The van der Waals surface area contributed by atoms with E-state index in [4.69, 9.17) is 16.0 Å². The summed E-state index contributed by atoms with van der Waals surface area (Å²) in [5, 5.41) is 19.1. The molecule has 160 valence electrons. The second-order valence-electron chi connectivity index (χ2n) is 6.53. The molecule has 11 heteroatoms. The Balaban J connectivity index is 0.000000601. The van der Waals surface area contributed by atoms with E-state index in [1.165, 1.54) is 6.33 Å². The van der Waals surface area contributed by atoms with Crippen molar-refractivity contribution in [3.63, 3.8) is 0 Å². The van der Waals surface area contributed by atoms with Gasteiger partial charge in [-0.05, 0) is 42.8 Å². The summed E-state index contributed by atoms with van der Waals surface area (Å²) in [5.74, 6) is 1.78. The second-order valence-corrected chi connectivity index (χ2v) is 6.53. The molecule has 4 N–H and O–H groups in total. The zero-order valence-corrected chi connectivity index (χ0v) is 16.8. The molecule has 0 spiro atoms.